The van der Waals surface area contributed by atoms with Crippen molar-refractivity contribution < 1.29 is 14.0 Å². The number of oxazole rings is 1. The summed E-state index contributed by atoms with van der Waals surface area (Å²) in [5.74, 6) is 1.22. The normalized spacial score (nSPS) is 10.8. The van der Waals surface area contributed by atoms with E-state index in [9.17, 15) is 9.59 Å². The number of hydrogen-bond acceptors (Lipinski definition) is 4. The summed E-state index contributed by atoms with van der Waals surface area (Å²) in [6.07, 6.45) is 0.757. The van der Waals surface area contributed by atoms with Gasteiger partial charge in [-0.3, -0.25) is 9.59 Å². The van der Waals surface area contributed by atoms with Crippen molar-refractivity contribution >= 4 is 17.5 Å². The highest BCUT2D eigenvalue weighted by Crippen LogP contribution is 2.29. The first-order valence-electron chi connectivity index (χ1n) is 10.1. The number of amides is 2. The largest absolute Gasteiger partial charge is 0.441 e. The molecule has 156 valence electrons. The van der Waals surface area contributed by atoms with Crippen molar-refractivity contribution in [3.05, 3.63) is 71.6 Å². The minimum absolute atomic E-state index is 0.0116. The Morgan fingerprint density at radius 2 is 1.70 bits per heavy atom. The Kier molecular flexibility index (Phi) is 7.01. The van der Waals surface area contributed by atoms with Crippen molar-refractivity contribution in [2.75, 3.05) is 5.32 Å². The van der Waals surface area contributed by atoms with Gasteiger partial charge >= 0.3 is 0 Å². The van der Waals surface area contributed by atoms with Gasteiger partial charge in [0.2, 0.25) is 17.7 Å². The van der Waals surface area contributed by atoms with Crippen LogP contribution in [-0.2, 0) is 22.6 Å². The fraction of sp³-hybridized carbons (Fsp3) is 0.292. The quantitative estimate of drug-likeness (QED) is 0.578. The SMILES string of the molecule is Cc1oc(-c2ccccc2NC(=O)Cc2ccccc2)nc1CNC(=O)CC(C)C. The monoisotopic (exact) mass is 405 g/mol. The lowest BCUT2D eigenvalue weighted by atomic mass is 10.1. The number of aryl methyl sites for hydroxylation is 1. The van der Waals surface area contributed by atoms with Crippen LogP contribution in [0.5, 0.6) is 0 Å². The number of nitrogens with one attached hydrogen (secondary N) is 2. The third-order valence-corrected chi connectivity index (χ3v) is 4.58. The maximum Gasteiger partial charge on any atom is 0.228 e. The van der Waals surface area contributed by atoms with Gasteiger partial charge in [-0.05, 0) is 30.5 Å². The number of para-hydroxylation sites is 1. The predicted molar refractivity (Wildman–Crippen MR) is 117 cm³/mol. The van der Waals surface area contributed by atoms with Crippen molar-refractivity contribution in [2.45, 2.75) is 40.2 Å². The summed E-state index contributed by atoms with van der Waals surface area (Å²) < 4.78 is 5.84. The Morgan fingerprint density at radius 1 is 1.00 bits per heavy atom. The molecule has 0 saturated heterocycles. The molecular formula is C24H27N3O3. The smallest absolute Gasteiger partial charge is 0.228 e. The van der Waals surface area contributed by atoms with Gasteiger partial charge in [-0.2, -0.15) is 0 Å². The van der Waals surface area contributed by atoms with Crippen LogP contribution >= 0.6 is 0 Å². The van der Waals surface area contributed by atoms with Crippen LogP contribution in [0.3, 0.4) is 0 Å². The van der Waals surface area contributed by atoms with Gasteiger partial charge in [0.25, 0.3) is 0 Å². The second-order valence-electron chi connectivity index (χ2n) is 7.65. The summed E-state index contributed by atoms with van der Waals surface area (Å²) in [5.41, 5.74) is 2.95. The lowest BCUT2D eigenvalue weighted by molar-refractivity contribution is -0.122. The number of anilines is 1. The molecule has 0 saturated carbocycles. The first kappa shape index (κ1) is 21.3. The summed E-state index contributed by atoms with van der Waals surface area (Å²) in [6, 6.07) is 17.0. The maximum atomic E-state index is 12.5. The molecule has 0 radical (unpaired) electrons. The third kappa shape index (κ3) is 5.80. The van der Waals surface area contributed by atoms with Crippen molar-refractivity contribution in [3.8, 4) is 11.5 Å². The average molecular weight is 405 g/mol. The van der Waals surface area contributed by atoms with E-state index in [-0.39, 0.29) is 18.2 Å². The summed E-state index contributed by atoms with van der Waals surface area (Å²) in [5, 5.41) is 5.83. The molecule has 30 heavy (non-hydrogen) atoms. The summed E-state index contributed by atoms with van der Waals surface area (Å²) >= 11 is 0. The number of carbonyl (C=O) groups is 2. The molecule has 1 aromatic heterocycles. The number of aromatic nitrogens is 1. The van der Waals surface area contributed by atoms with Crippen LogP contribution in [-0.4, -0.2) is 16.8 Å². The van der Waals surface area contributed by atoms with E-state index in [4.69, 9.17) is 4.42 Å². The molecular weight excluding hydrogens is 378 g/mol. The number of carbonyl (C=O) groups excluding carboxylic acids is 2. The van der Waals surface area contributed by atoms with Gasteiger partial charge in [-0.15, -0.1) is 0 Å². The van der Waals surface area contributed by atoms with E-state index in [0.717, 1.165) is 5.56 Å². The summed E-state index contributed by atoms with van der Waals surface area (Å²) in [4.78, 5) is 29.0. The van der Waals surface area contributed by atoms with Crippen LogP contribution in [0.25, 0.3) is 11.5 Å². The second kappa shape index (κ2) is 9.87. The molecule has 6 nitrogen and oxygen atoms in total. The third-order valence-electron chi connectivity index (χ3n) is 4.58. The zero-order valence-corrected chi connectivity index (χ0v) is 17.6. The molecule has 0 atom stereocenters. The molecule has 2 amide bonds. The van der Waals surface area contributed by atoms with Crippen molar-refractivity contribution in [1.29, 1.82) is 0 Å². The number of hydrogen-bond donors (Lipinski definition) is 2. The van der Waals surface area contributed by atoms with Gasteiger partial charge in [-0.1, -0.05) is 56.3 Å². The molecule has 0 fully saturated rings. The van der Waals surface area contributed by atoms with E-state index in [1.807, 2.05) is 75.4 Å². The highest BCUT2D eigenvalue weighted by atomic mass is 16.4. The van der Waals surface area contributed by atoms with Crippen molar-refractivity contribution in [2.24, 2.45) is 5.92 Å². The van der Waals surface area contributed by atoms with Gasteiger partial charge in [0, 0.05) is 6.42 Å². The lowest BCUT2D eigenvalue weighted by Gasteiger charge is -2.09. The van der Waals surface area contributed by atoms with Gasteiger partial charge in [-0.25, -0.2) is 4.98 Å². The summed E-state index contributed by atoms with van der Waals surface area (Å²) in [7, 11) is 0. The topological polar surface area (TPSA) is 84.2 Å². The molecule has 0 aliphatic carbocycles. The fourth-order valence-corrected chi connectivity index (χ4v) is 3.09. The van der Waals surface area contributed by atoms with E-state index in [0.29, 0.717) is 47.5 Å². The minimum Gasteiger partial charge on any atom is -0.441 e. The van der Waals surface area contributed by atoms with Gasteiger partial charge in [0.05, 0.1) is 24.2 Å². The zero-order valence-electron chi connectivity index (χ0n) is 17.6. The molecule has 1 heterocycles. The molecule has 2 aromatic carbocycles. The molecule has 2 N–H and O–H groups in total. The molecule has 0 bridgehead atoms. The van der Waals surface area contributed by atoms with Crippen molar-refractivity contribution in [1.82, 2.24) is 10.3 Å². The van der Waals surface area contributed by atoms with Crippen molar-refractivity contribution in [3.63, 3.8) is 0 Å². The zero-order chi connectivity index (χ0) is 21.5. The van der Waals surface area contributed by atoms with Crippen LogP contribution in [0.2, 0.25) is 0 Å². The van der Waals surface area contributed by atoms with E-state index >= 15 is 0 Å². The molecule has 0 aliphatic heterocycles. The Labute approximate surface area is 176 Å². The van der Waals surface area contributed by atoms with Gasteiger partial charge in [0.1, 0.15) is 11.5 Å². The number of rotatable bonds is 8. The predicted octanol–water partition coefficient (Wildman–Crippen LogP) is 4.49. The minimum atomic E-state index is -0.113. The van der Waals surface area contributed by atoms with Crippen LogP contribution in [0.1, 0.15) is 37.3 Å². The molecule has 3 aromatic rings. The first-order valence-corrected chi connectivity index (χ1v) is 10.1. The Balaban J connectivity index is 1.72. The summed E-state index contributed by atoms with van der Waals surface area (Å²) in [6.45, 7) is 6.13. The van der Waals surface area contributed by atoms with E-state index < -0.39 is 0 Å². The highest BCUT2D eigenvalue weighted by molar-refractivity contribution is 5.95. The Bertz CT molecular complexity index is 1010. The van der Waals surface area contributed by atoms with Crippen LogP contribution in [0.15, 0.2) is 59.0 Å². The van der Waals surface area contributed by atoms with Gasteiger partial charge in [0.15, 0.2) is 0 Å². The van der Waals surface area contributed by atoms with Crippen LogP contribution in [0.4, 0.5) is 5.69 Å². The van der Waals surface area contributed by atoms with Gasteiger partial charge < -0.3 is 15.1 Å². The van der Waals surface area contributed by atoms with Crippen LogP contribution in [0, 0.1) is 12.8 Å². The van der Waals surface area contributed by atoms with Crippen LogP contribution < -0.4 is 10.6 Å². The highest BCUT2D eigenvalue weighted by Gasteiger charge is 2.16. The molecule has 0 spiro atoms. The lowest BCUT2D eigenvalue weighted by Crippen LogP contribution is -2.24. The molecule has 6 heteroatoms. The molecule has 3 rings (SSSR count). The fourth-order valence-electron chi connectivity index (χ4n) is 3.09. The average Bonchev–Trinajstić information content (AvgIpc) is 3.07. The Hall–Kier alpha value is -3.41. The number of benzene rings is 2. The standard InChI is InChI=1S/C24H27N3O3/c1-16(2)13-22(28)25-15-21-17(3)30-24(27-21)19-11-7-8-12-20(19)26-23(29)14-18-9-5-4-6-10-18/h4-12,16H,13-15H2,1-3H3,(H,25,28)(H,26,29). The second-order valence-corrected chi connectivity index (χ2v) is 7.65. The van der Waals surface area contributed by atoms with E-state index in [1.165, 1.54) is 0 Å². The molecule has 0 aliphatic rings. The van der Waals surface area contributed by atoms with E-state index in [2.05, 4.69) is 15.6 Å². The first-order chi connectivity index (χ1) is 14.4. The maximum absolute atomic E-state index is 12.5. The molecule has 0 unspecified atom stereocenters. The Morgan fingerprint density at radius 3 is 2.43 bits per heavy atom. The number of nitrogens with zero attached hydrogens (tertiary/aromatic N) is 1. The van der Waals surface area contributed by atoms with E-state index in [1.54, 1.807) is 0 Å².